The molecule has 0 amide bonds. The van der Waals surface area contributed by atoms with E-state index in [1.54, 1.807) is 24.3 Å². The number of carbonyl (C=O) groups is 4. The summed E-state index contributed by atoms with van der Waals surface area (Å²) in [7, 11) is 5.05. The van der Waals surface area contributed by atoms with Crippen LogP contribution in [0.15, 0.2) is 48.5 Å². The van der Waals surface area contributed by atoms with Crippen LogP contribution in [0.25, 0.3) is 11.1 Å². The van der Waals surface area contributed by atoms with Gasteiger partial charge in [0.15, 0.2) is 24.8 Å². The number of rotatable bonds is 9. The van der Waals surface area contributed by atoms with Gasteiger partial charge < -0.3 is 9.47 Å². The molecule has 2 aromatic rings. The van der Waals surface area contributed by atoms with Crippen molar-refractivity contribution in [2.45, 2.75) is 58.0 Å². The molecule has 2 aliphatic rings. The van der Waals surface area contributed by atoms with Crippen molar-refractivity contribution in [3.63, 3.8) is 0 Å². The lowest BCUT2D eigenvalue weighted by atomic mass is 10.0. The van der Waals surface area contributed by atoms with Crippen LogP contribution in [-0.2, 0) is 19.1 Å². The summed E-state index contributed by atoms with van der Waals surface area (Å²) in [5.74, 6) is -1.27. The fraction of sp³-hybridized carbons (Fsp3) is 0.448. The van der Waals surface area contributed by atoms with Crippen LogP contribution in [0.4, 0.5) is 0 Å². The highest BCUT2D eigenvalue weighted by atomic mass is 31.0. The van der Waals surface area contributed by atoms with Crippen LogP contribution in [0.1, 0.15) is 66.7 Å². The molecule has 2 fully saturated rings. The van der Waals surface area contributed by atoms with Gasteiger partial charge in [0.2, 0.25) is 0 Å². The summed E-state index contributed by atoms with van der Waals surface area (Å²) in [6, 6.07) is 13.4. The highest BCUT2D eigenvalue weighted by molar-refractivity contribution is 7.13. The van der Waals surface area contributed by atoms with E-state index in [0.29, 0.717) is 11.1 Å². The Balaban J connectivity index is 0.00000134. The van der Waals surface area contributed by atoms with E-state index in [4.69, 9.17) is 9.47 Å². The maximum atomic E-state index is 12.5. The second-order valence-corrected chi connectivity index (χ2v) is 11.0. The molecule has 2 heterocycles. The van der Waals surface area contributed by atoms with Crippen LogP contribution >= 0.6 is 18.8 Å². The Morgan fingerprint density at radius 2 is 1.03 bits per heavy atom. The molecule has 4 rings (SSSR count). The Labute approximate surface area is 235 Å². The van der Waals surface area contributed by atoms with Crippen molar-refractivity contribution in [3.05, 3.63) is 59.7 Å². The minimum atomic E-state index is -0.373. The van der Waals surface area contributed by atoms with Gasteiger partial charge in [0.05, 0.1) is 0 Å². The quantitative estimate of drug-likeness (QED) is 0.242. The van der Waals surface area contributed by atoms with Crippen LogP contribution in [0.2, 0.25) is 0 Å². The van der Waals surface area contributed by atoms with Gasteiger partial charge in [0.25, 0.3) is 0 Å². The molecule has 0 bridgehead atoms. The zero-order valence-electron chi connectivity index (χ0n) is 22.6. The zero-order valence-corrected chi connectivity index (χ0v) is 24.9. The molecule has 0 saturated carbocycles. The Kier molecular flexibility index (Phi) is 12.2. The van der Waals surface area contributed by atoms with Crippen LogP contribution in [0, 0.1) is 0 Å². The molecular weight excluding hydrogens is 534 g/mol. The number of esters is 2. The van der Waals surface area contributed by atoms with Crippen LogP contribution in [-0.4, -0.2) is 71.2 Å². The fourth-order valence-electron chi connectivity index (χ4n) is 4.41. The molecule has 0 radical (unpaired) electrons. The number of nitrogens with zero attached hydrogens (tertiary/aromatic N) is 2. The molecule has 2 aromatic carbocycles. The summed E-state index contributed by atoms with van der Waals surface area (Å²) in [5.41, 5.74) is 2.67. The van der Waals surface area contributed by atoms with Gasteiger partial charge in [0.1, 0.15) is 12.1 Å². The van der Waals surface area contributed by atoms with E-state index in [-0.39, 0.29) is 48.8 Å². The van der Waals surface area contributed by atoms with E-state index in [9.17, 15) is 19.2 Å². The molecule has 8 nitrogen and oxygen atoms in total. The van der Waals surface area contributed by atoms with E-state index < -0.39 is 0 Å². The first-order chi connectivity index (χ1) is 18.7. The van der Waals surface area contributed by atoms with E-state index in [2.05, 4.69) is 32.6 Å². The van der Waals surface area contributed by atoms with Crippen molar-refractivity contribution in [2.24, 2.45) is 0 Å². The molecule has 10 heteroatoms. The standard InChI is InChI=1S/C26H30N2O6P2.C3H8/c29-23(15-33-25(31)21-3-1-13-27(21)35)19-9-5-17(6-10-19)18-7-11-20(12-8-18)24(30)16-34-26(32)22-4-2-14-28(22)36;1-3-2/h5-12,21-22H,1-4,13-16,35-36H2;3H2,1-2H3. The smallest absolute Gasteiger partial charge is 0.324 e. The molecule has 0 spiro atoms. The number of hydrogen-bond donors (Lipinski definition) is 0. The summed E-state index contributed by atoms with van der Waals surface area (Å²) < 4.78 is 14.2. The van der Waals surface area contributed by atoms with Gasteiger partial charge in [-0.3, -0.25) is 28.5 Å². The van der Waals surface area contributed by atoms with Gasteiger partial charge in [0, 0.05) is 24.2 Å². The van der Waals surface area contributed by atoms with Crippen LogP contribution in [0.5, 0.6) is 0 Å². The molecule has 2 aliphatic heterocycles. The lowest BCUT2D eigenvalue weighted by Gasteiger charge is -2.17. The van der Waals surface area contributed by atoms with Crippen molar-refractivity contribution >= 4 is 42.3 Å². The van der Waals surface area contributed by atoms with Crippen LogP contribution in [0.3, 0.4) is 0 Å². The van der Waals surface area contributed by atoms with E-state index in [1.165, 1.54) is 6.42 Å². The normalized spacial score (nSPS) is 19.2. The molecule has 2 saturated heterocycles. The predicted molar refractivity (Wildman–Crippen MR) is 157 cm³/mol. The third-order valence-corrected chi connectivity index (χ3v) is 7.81. The average Bonchev–Trinajstić information content (AvgIpc) is 3.58. The maximum absolute atomic E-state index is 12.5. The summed E-state index contributed by atoms with van der Waals surface area (Å²) in [5, 5.41) is 0. The monoisotopic (exact) mass is 572 g/mol. The Morgan fingerprint density at radius 3 is 1.31 bits per heavy atom. The summed E-state index contributed by atoms with van der Waals surface area (Å²) in [6.07, 6.45) is 4.58. The fourth-order valence-corrected chi connectivity index (χ4v) is 5.32. The van der Waals surface area contributed by atoms with Gasteiger partial charge in [-0.05, 0) is 36.8 Å². The Morgan fingerprint density at radius 1 is 0.692 bits per heavy atom. The summed E-state index contributed by atoms with van der Waals surface area (Å²) >= 11 is 0. The molecule has 0 aliphatic carbocycles. The molecular formula is C29H38N2O6P2. The van der Waals surface area contributed by atoms with Crippen molar-refractivity contribution in [1.29, 1.82) is 0 Å². The first kappa shape index (κ1) is 31.0. The lowest BCUT2D eigenvalue weighted by molar-refractivity contribution is -0.146. The Bertz CT molecular complexity index is 1050. The van der Waals surface area contributed by atoms with Crippen LogP contribution < -0.4 is 0 Å². The second kappa shape index (κ2) is 15.3. The van der Waals surface area contributed by atoms with Crippen molar-refractivity contribution in [1.82, 2.24) is 9.34 Å². The molecule has 4 unspecified atom stereocenters. The summed E-state index contributed by atoms with van der Waals surface area (Å²) in [4.78, 5) is 49.2. The zero-order chi connectivity index (χ0) is 28.4. The van der Waals surface area contributed by atoms with Gasteiger partial charge in [-0.2, -0.15) is 0 Å². The third kappa shape index (κ3) is 8.74. The van der Waals surface area contributed by atoms with Crippen molar-refractivity contribution in [2.75, 3.05) is 26.3 Å². The number of hydrogen-bond acceptors (Lipinski definition) is 8. The maximum Gasteiger partial charge on any atom is 0.324 e. The SMILES string of the molecule is CCC.O=C(COC(=O)C1CCCN1P)c1ccc(-c2ccc(C(=O)COC(=O)C3CCCN3P)cc2)cc1. The molecule has 4 atom stereocenters. The molecule has 210 valence electrons. The highest BCUT2D eigenvalue weighted by Gasteiger charge is 2.30. The van der Waals surface area contributed by atoms with Gasteiger partial charge in [-0.15, -0.1) is 0 Å². The number of carbonyl (C=O) groups excluding carboxylic acids is 4. The molecule has 0 aromatic heterocycles. The summed E-state index contributed by atoms with van der Waals surface area (Å²) in [6.45, 7) is 5.31. The van der Waals surface area contributed by atoms with Gasteiger partial charge in [-0.1, -0.05) is 87.6 Å². The second-order valence-electron chi connectivity index (χ2n) is 9.72. The largest absolute Gasteiger partial charge is 0.456 e. The van der Waals surface area contributed by atoms with Crippen molar-refractivity contribution in [3.8, 4) is 11.1 Å². The number of ketones is 2. The lowest BCUT2D eigenvalue weighted by Crippen LogP contribution is -2.32. The first-order valence-corrected chi connectivity index (χ1v) is 14.4. The third-order valence-electron chi connectivity index (χ3n) is 6.57. The topological polar surface area (TPSA) is 93.2 Å². The minimum absolute atomic E-state index is 0.263. The van der Waals surface area contributed by atoms with Gasteiger partial charge >= 0.3 is 11.9 Å². The van der Waals surface area contributed by atoms with E-state index in [0.717, 1.165) is 49.9 Å². The average molecular weight is 573 g/mol. The number of Topliss-reactive ketones (excluding diaryl/α,β-unsaturated/α-hetero) is 2. The number of benzene rings is 2. The number of ether oxygens (including phenoxy) is 2. The highest BCUT2D eigenvalue weighted by Crippen LogP contribution is 2.24. The van der Waals surface area contributed by atoms with Crippen molar-refractivity contribution < 1.29 is 28.7 Å². The van der Waals surface area contributed by atoms with E-state index >= 15 is 0 Å². The Hall–Kier alpha value is -2.50. The first-order valence-electron chi connectivity index (χ1n) is 13.4. The molecule has 0 N–H and O–H groups in total. The minimum Gasteiger partial charge on any atom is -0.456 e. The molecule has 39 heavy (non-hydrogen) atoms. The predicted octanol–water partition coefficient (Wildman–Crippen LogP) is 4.73. The van der Waals surface area contributed by atoms with Gasteiger partial charge in [-0.25, -0.2) is 0 Å². The van der Waals surface area contributed by atoms with E-state index in [1.807, 2.05) is 33.6 Å².